The number of hydrogen-bond acceptors (Lipinski definition) is 2. The lowest BCUT2D eigenvalue weighted by Gasteiger charge is -2.07. The summed E-state index contributed by atoms with van der Waals surface area (Å²) in [6, 6.07) is 2.50. The van der Waals surface area contributed by atoms with E-state index in [4.69, 9.17) is 23.2 Å². The van der Waals surface area contributed by atoms with Crippen LogP contribution in [0, 0.1) is 5.82 Å². The molecule has 1 aromatic carbocycles. The van der Waals surface area contributed by atoms with Crippen LogP contribution in [0.2, 0.25) is 10.2 Å². The monoisotopic (exact) mass is 258 g/mol. The SMILES string of the molecule is CC(C)c1nc(Cl)c2cc(F)cc(Cl)c2n1. The summed E-state index contributed by atoms with van der Waals surface area (Å²) < 4.78 is 13.1. The number of halogens is 3. The van der Waals surface area contributed by atoms with Crippen molar-refractivity contribution in [3.63, 3.8) is 0 Å². The Labute approximate surface area is 102 Å². The highest BCUT2D eigenvalue weighted by Crippen LogP contribution is 2.29. The van der Waals surface area contributed by atoms with Gasteiger partial charge in [0.1, 0.15) is 16.8 Å². The Bertz CT molecular complexity index is 555. The summed E-state index contributed by atoms with van der Waals surface area (Å²) in [5, 5.41) is 0.923. The van der Waals surface area contributed by atoms with E-state index >= 15 is 0 Å². The third-order valence-corrected chi connectivity index (χ3v) is 2.78. The topological polar surface area (TPSA) is 25.8 Å². The largest absolute Gasteiger partial charge is 0.231 e. The van der Waals surface area contributed by atoms with E-state index in [1.807, 2.05) is 13.8 Å². The molecule has 0 spiro atoms. The summed E-state index contributed by atoms with van der Waals surface area (Å²) in [7, 11) is 0. The van der Waals surface area contributed by atoms with Crippen LogP contribution in [0.25, 0.3) is 10.9 Å². The molecule has 1 aromatic heterocycles. The Kier molecular flexibility index (Phi) is 3.00. The standard InChI is InChI=1S/C11H9Cl2FN2/c1-5(2)11-15-9-7(10(13)16-11)3-6(14)4-8(9)12/h3-5H,1-2H3. The summed E-state index contributed by atoms with van der Waals surface area (Å²) in [5.74, 6) is 0.300. The van der Waals surface area contributed by atoms with Crippen LogP contribution in [-0.2, 0) is 0 Å². The highest BCUT2D eigenvalue weighted by Gasteiger charge is 2.12. The summed E-state index contributed by atoms with van der Waals surface area (Å²) in [4.78, 5) is 8.39. The van der Waals surface area contributed by atoms with Crippen LogP contribution >= 0.6 is 23.2 Å². The summed E-state index contributed by atoms with van der Waals surface area (Å²) in [5.41, 5.74) is 0.492. The number of rotatable bonds is 1. The fourth-order valence-corrected chi connectivity index (χ4v) is 1.87. The van der Waals surface area contributed by atoms with E-state index in [1.165, 1.54) is 12.1 Å². The van der Waals surface area contributed by atoms with Crippen molar-refractivity contribution < 1.29 is 4.39 Å². The predicted molar refractivity (Wildman–Crippen MR) is 63.6 cm³/mol. The fourth-order valence-electron chi connectivity index (χ4n) is 1.40. The van der Waals surface area contributed by atoms with Crippen LogP contribution < -0.4 is 0 Å². The minimum Gasteiger partial charge on any atom is -0.231 e. The number of fused-ring (bicyclic) bond motifs is 1. The lowest BCUT2D eigenvalue weighted by molar-refractivity contribution is 0.629. The molecule has 16 heavy (non-hydrogen) atoms. The molecule has 2 aromatic rings. The van der Waals surface area contributed by atoms with Crippen molar-refractivity contribution >= 4 is 34.1 Å². The Balaban J connectivity index is 2.82. The van der Waals surface area contributed by atoms with Gasteiger partial charge in [-0.2, -0.15) is 0 Å². The zero-order valence-corrected chi connectivity index (χ0v) is 10.3. The van der Waals surface area contributed by atoms with E-state index in [-0.39, 0.29) is 16.1 Å². The van der Waals surface area contributed by atoms with E-state index < -0.39 is 5.82 Å². The average molecular weight is 259 g/mol. The Morgan fingerprint density at radius 2 is 1.88 bits per heavy atom. The molecule has 0 amide bonds. The molecule has 0 saturated carbocycles. The second-order valence-corrected chi connectivity index (χ2v) is 4.58. The molecule has 0 atom stereocenters. The molecule has 0 aliphatic carbocycles. The van der Waals surface area contributed by atoms with Crippen molar-refractivity contribution in [2.24, 2.45) is 0 Å². The quantitative estimate of drug-likeness (QED) is 0.717. The molecule has 2 rings (SSSR count). The fraction of sp³-hybridized carbons (Fsp3) is 0.273. The van der Waals surface area contributed by atoms with Gasteiger partial charge in [-0.25, -0.2) is 14.4 Å². The highest BCUT2D eigenvalue weighted by molar-refractivity contribution is 6.38. The van der Waals surface area contributed by atoms with E-state index in [0.29, 0.717) is 16.7 Å². The van der Waals surface area contributed by atoms with Gasteiger partial charge in [-0.15, -0.1) is 0 Å². The molecule has 84 valence electrons. The third kappa shape index (κ3) is 1.97. The molecule has 0 unspecified atom stereocenters. The van der Waals surface area contributed by atoms with Crippen molar-refractivity contribution in [2.45, 2.75) is 19.8 Å². The van der Waals surface area contributed by atoms with Crippen LogP contribution in [0.4, 0.5) is 4.39 Å². The zero-order chi connectivity index (χ0) is 11.9. The Morgan fingerprint density at radius 1 is 1.19 bits per heavy atom. The molecule has 0 fully saturated rings. The number of nitrogens with zero attached hydrogens (tertiary/aromatic N) is 2. The van der Waals surface area contributed by atoms with Gasteiger partial charge in [-0.3, -0.25) is 0 Å². The van der Waals surface area contributed by atoms with E-state index in [1.54, 1.807) is 0 Å². The second kappa shape index (κ2) is 4.15. The lowest BCUT2D eigenvalue weighted by atomic mass is 10.2. The maximum absolute atomic E-state index is 13.1. The van der Waals surface area contributed by atoms with Crippen LogP contribution in [0.5, 0.6) is 0 Å². The molecule has 0 bridgehead atoms. The maximum Gasteiger partial charge on any atom is 0.140 e. The summed E-state index contributed by atoms with van der Waals surface area (Å²) >= 11 is 11.9. The van der Waals surface area contributed by atoms with Crippen LogP contribution in [0.1, 0.15) is 25.6 Å². The van der Waals surface area contributed by atoms with Gasteiger partial charge < -0.3 is 0 Å². The first kappa shape index (κ1) is 11.6. The molecular weight excluding hydrogens is 250 g/mol. The molecule has 0 aliphatic heterocycles. The van der Waals surface area contributed by atoms with Crippen molar-refractivity contribution in [2.75, 3.05) is 0 Å². The van der Waals surface area contributed by atoms with E-state index in [9.17, 15) is 4.39 Å². The van der Waals surface area contributed by atoms with Crippen molar-refractivity contribution in [1.29, 1.82) is 0 Å². The van der Waals surface area contributed by atoms with Gasteiger partial charge in [0, 0.05) is 11.3 Å². The molecular formula is C11H9Cl2FN2. The molecule has 0 radical (unpaired) electrons. The number of hydrogen-bond donors (Lipinski definition) is 0. The van der Waals surface area contributed by atoms with Crippen LogP contribution in [0.3, 0.4) is 0 Å². The zero-order valence-electron chi connectivity index (χ0n) is 8.76. The van der Waals surface area contributed by atoms with E-state index in [2.05, 4.69) is 9.97 Å². The first-order valence-corrected chi connectivity index (χ1v) is 5.57. The van der Waals surface area contributed by atoms with Crippen LogP contribution in [0.15, 0.2) is 12.1 Å². The van der Waals surface area contributed by atoms with Crippen molar-refractivity contribution in [3.8, 4) is 0 Å². The maximum atomic E-state index is 13.1. The first-order chi connectivity index (χ1) is 7.49. The van der Waals surface area contributed by atoms with Crippen molar-refractivity contribution in [1.82, 2.24) is 9.97 Å². The molecule has 5 heteroatoms. The average Bonchev–Trinajstić information content (AvgIpc) is 2.19. The lowest BCUT2D eigenvalue weighted by Crippen LogP contribution is -1.99. The molecule has 0 saturated heterocycles. The normalized spacial score (nSPS) is 11.4. The second-order valence-electron chi connectivity index (χ2n) is 3.81. The number of benzene rings is 1. The molecule has 0 N–H and O–H groups in total. The van der Waals surface area contributed by atoms with E-state index in [0.717, 1.165) is 0 Å². The minimum atomic E-state index is -0.444. The van der Waals surface area contributed by atoms with Gasteiger partial charge >= 0.3 is 0 Å². The summed E-state index contributed by atoms with van der Waals surface area (Å²) in [6.45, 7) is 3.91. The minimum absolute atomic E-state index is 0.142. The summed E-state index contributed by atoms with van der Waals surface area (Å²) in [6.07, 6.45) is 0. The van der Waals surface area contributed by atoms with Gasteiger partial charge in [-0.05, 0) is 12.1 Å². The van der Waals surface area contributed by atoms with Gasteiger partial charge in [-0.1, -0.05) is 37.0 Å². The van der Waals surface area contributed by atoms with Gasteiger partial charge in [0.2, 0.25) is 0 Å². The first-order valence-electron chi connectivity index (χ1n) is 4.81. The van der Waals surface area contributed by atoms with Gasteiger partial charge in [0.05, 0.1) is 10.5 Å². The molecule has 2 nitrogen and oxygen atoms in total. The highest BCUT2D eigenvalue weighted by atomic mass is 35.5. The van der Waals surface area contributed by atoms with Crippen molar-refractivity contribution in [3.05, 3.63) is 34.0 Å². The molecule has 0 aliphatic rings. The Hall–Kier alpha value is -0.930. The number of aromatic nitrogens is 2. The third-order valence-electron chi connectivity index (χ3n) is 2.21. The Morgan fingerprint density at radius 3 is 2.50 bits per heavy atom. The van der Waals surface area contributed by atoms with Gasteiger partial charge in [0.15, 0.2) is 0 Å². The van der Waals surface area contributed by atoms with Crippen LogP contribution in [-0.4, -0.2) is 9.97 Å². The predicted octanol–water partition coefficient (Wildman–Crippen LogP) is 4.20. The van der Waals surface area contributed by atoms with Gasteiger partial charge in [0.25, 0.3) is 0 Å². The molecule has 1 heterocycles. The smallest absolute Gasteiger partial charge is 0.140 e.